The van der Waals surface area contributed by atoms with Gasteiger partial charge < -0.3 is 52.2 Å². The predicted molar refractivity (Wildman–Crippen MR) is 222 cm³/mol. The number of benzene rings is 2. The van der Waals surface area contributed by atoms with Gasteiger partial charge in [-0.25, -0.2) is 0 Å². The monoisotopic (exact) mass is 835 g/mol. The van der Waals surface area contributed by atoms with E-state index in [0.717, 1.165) is 37.0 Å². The maximum Gasteiger partial charge on any atom is 0.248 e. The molecule has 0 radical (unpaired) electrons. The molecule has 2 aliphatic heterocycles. The van der Waals surface area contributed by atoms with E-state index in [1.165, 1.54) is 51.2 Å². The van der Waals surface area contributed by atoms with Gasteiger partial charge in [-0.15, -0.1) is 0 Å². The first-order valence-corrected chi connectivity index (χ1v) is 20.9. The molecule has 0 aliphatic carbocycles. The highest BCUT2D eigenvalue weighted by molar-refractivity contribution is 5.98. The molecule has 1 saturated heterocycles. The van der Waals surface area contributed by atoms with E-state index >= 15 is 0 Å². The van der Waals surface area contributed by atoms with E-state index in [-0.39, 0.29) is 72.3 Å². The smallest absolute Gasteiger partial charge is 0.248 e. The lowest BCUT2D eigenvalue weighted by Gasteiger charge is -2.32. The van der Waals surface area contributed by atoms with E-state index in [0.29, 0.717) is 31.4 Å². The van der Waals surface area contributed by atoms with Crippen molar-refractivity contribution in [3.8, 4) is 22.6 Å². The SMILES string of the molecule is CCCCCCCC(=O)NCCC(=O)NC(CCCCN)C(=O)N(C)C1C(=O)NC(C)C(=O)NC(C(=O)NC(C)C(=O)C2CO2)Cc2ccc(O)c(c2)-c2cc1ccc2O. The molecule has 0 saturated carbocycles. The van der Waals surface area contributed by atoms with E-state index in [1.807, 2.05) is 0 Å². The molecule has 2 aliphatic rings. The molecular weight excluding hydrogens is 775 g/mol. The minimum absolute atomic E-state index is 0.0730. The molecule has 0 aromatic heterocycles. The van der Waals surface area contributed by atoms with Crippen molar-refractivity contribution >= 4 is 41.2 Å². The Morgan fingerprint density at radius 1 is 0.883 bits per heavy atom. The number of Topliss-reactive ketones (excluding diaryl/α,β-unsaturated/α-hetero) is 1. The summed E-state index contributed by atoms with van der Waals surface area (Å²) in [5.41, 5.74) is 6.68. The molecule has 17 heteroatoms. The van der Waals surface area contributed by atoms with Crippen LogP contribution in [0.1, 0.15) is 102 Å². The van der Waals surface area contributed by atoms with Crippen molar-refractivity contribution in [3.05, 3.63) is 47.5 Å². The number of fused-ring (bicyclic) bond motifs is 5. The topological polar surface area (TPSA) is 262 Å². The Morgan fingerprint density at radius 3 is 2.25 bits per heavy atom. The molecule has 328 valence electrons. The van der Waals surface area contributed by atoms with Crippen molar-refractivity contribution in [2.24, 2.45) is 5.73 Å². The van der Waals surface area contributed by atoms with Gasteiger partial charge in [0.2, 0.25) is 35.4 Å². The number of likely N-dealkylation sites (N-methyl/N-ethyl adjacent to an activating group) is 1. The lowest BCUT2D eigenvalue weighted by Crippen LogP contribution is -2.57. The van der Waals surface area contributed by atoms with Gasteiger partial charge in [0.15, 0.2) is 5.78 Å². The van der Waals surface area contributed by atoms with Crippen LogP contribution in [0.15, 0.2) is 36.4 Å². The number of epoxide rings is 1. The first-order chi connectivity index (χ1) is 28.6. The third-order valence-electron chi connectivity index (χ3n) is 10.7. The number of nitrogens with one attached hydrogen (secondary N) is 5. The number of rotatable bonds is 20. The van der Waals surface area contributed by atoms with Crippen molar-refractivity contribution in [2.75, 3.05) is 26.7 Å². The summed E-state index contributed by atoms with van der Waals surface area (Å²) in [4.78, 5) is 95.1. The molecule has 6 amide bonds. The van der Waals surface area contributed by atoms with Crippen molar-refractivity contribution in [3.63, 3.8) is 0 Å². The highest BCUT2D eigenvalue weighted by Gasteiger charge is 2.38. The summed E-state index contributed by atoms with van der Waals surface area (Å²) >= 11 is 0. The van der Waals surface area contributed by atoms with Crippen LogP contribution in [0.4, 0.5) is 0 Å². The average Bonchev–Trinajstić information content (AvgIpc) is 4.06. The molecule has 6 unspecified atom stereocenters. The summed E-state index contributed by atoms with van der Waals surface area (Å²) in [6, 6.07) is 2.73. The fourth-order valence-corrected chi connectivity index (χ4v) is 7.07. The maximum atomic E-state index is 14.4. The van der Waals surface area contributed by atoms with Crippen LogP contribution in [0.25, 0.3) is 11.1 Å². The molecule has 2 heterocycles. The van der Waals surface area contributed by atoms with Crippen molar-refractivity contribution in [1.82, 2.24) is 31.5 Å². The van der Waals surface area contributed by atoms with Crippen LogP contribution >= 0.6 is 0 Å². The lowest BCUT2D eigenvalue weighted by atomic mass is 9.93. The molecule has 2 aromatic carbocycles. The highest BCUT2D eigenvalue weighted by Crippen LogP contribution is 2.39. The largest absolute Gasteiger partial charge is 0.507 e. The number of phenolic OH excluding ortho intramolecular Hbond substituents is 2. The summed E-state index contributed by atoms with van der Waals surface area (Å²) in [5, 5.41) is 35.6. The quantitative estimate of drug-likeness (QED) is 0.0704. The van der Waals surface area contributed by atoms with Gasteiger partial charge in [-0.05, 0) is 81.5 Å². The standard InChI is InChI=1S/C43H61N7O10/c1-5-6-7-8-9-13-36(53)45-20-18-37(54)48-31(12-10-11-19-44)43(59)50(4)38-28-15-17-34(52)30(23-28)29-21-27(14-16-33(29)51)22-32(49-40(56)26(3)47-42(38)58)41(57)46-25(2)39(55)35-24-60-35/h14-17,21,23,25-26,31-32,35,38,51-52H,5-13,18-20,22,24,44H2,1-4H3,(H,45,53)(H,46,57)(H,47,58)(H,48,54)(H,49,56). The third-order valence-corrected chi connectivity index (χ3v) is 10.7. The lowest BCUT2D eigenvalue weighted by molar-refractivity contribution is -0.143. The zero-order valence-corrected chi connectivity index (χ0v) is 35.0. The van der Waals surface area contributed by atoms with Crippen LogP contribution in [0.2, 0.25) is 0 Å². The number of nitrogens with zero attached hydrogens (tertiary/aromatic N) is 1. The van der Waals surface area contributed by atoms with Gasteiger partial charge in [0.1, 0.15) is 41.8 Å². The predicted octanol–water partition coefficient (Wildman–Crippen LogP) is 1.76. The summed E-state index contributed by atoms with van der Waals surface area (Å²) in [5.74, 6) is -4.31. The molecule has 1 fully saturated rings. The van der Waals surface area contributed by atoms with E-state index < -0.39 is 65.8 Å². The van der Waals surface area contributed by atoms with Gasteiger partial charge in [0.05, 0.1) is 12.6 Å². The first-order valence-electron chi connectivity index (χ1n) is 20.9. The number of carbonyl (C=O) groups is 7. The molecule has 9 N–H and O–H groups in total. The number of ether oxygens (including phenoxy) is 1. The summed E-state index contributed by atoms with van der Waals surface area (Å²) in [7, 11) is 1.38. The molecule has 4 bridgehead atoms. The number of carbonyl (C=O) groups excluding carboxylic acids is 7. The van der Waals surface area contributed by atoms with Crippen molar-refractivity contribution < 1.29 is 48.5 Å². The van der Waals surface area contributed by atoms with Gasteiger partial charge >= 0.3 is 0 Å². The molecule has 60 heavy (non-hydrogen) atoms. The number of phenols is 2. The number of nitrogens with two attached hydrogens (primary N) is 1. The summed E-state index contributed by atoms with van der Waals surface area (Å²) in [6.45, 7) is 5.71. The van der Waals surface area contributed by atoms with E-state index in [1.54, 1.807) is 6.07 Å². The molecular formula is C43H61N7O10. The van der Waals surface area contributed by atoms with Gasteiger partial charge in [-0.1, -0.05) is 44.7 Å². The van der Waals surface area contributed by atoms with Gasteiger partial charge in [-0.3, -0.25) is 33.6 Å². The normalized spacial score (nSPS) is 19.7. The Hall–Kier alpha value is -5.55. The van der Waals surface area contributed by atoms with Crippen LogP contribution < -0.4 is 32.3 Å². The van der Waals surface area contributed by atoms with Gasteiger partial charge in [0, 0.05) is 44.0 Å². The van der Waals surface area contributed by atoms with Gasteiger partial charge in [-0.2, -0.15) is 0 Å². The number of unbranched alkanes of at least 4 members (excludes halogenated alkanes) is 5. The first kappa shape index (κ1) is 47.1. The minimum Gasteiger partial charge on any atom is -0.507 e. The van der Waals surface area contributed by atoms with E-state index in [4.69, 9.17) is 10.5 Å². The molecule has 0 spiro atoms. The number of amides is 6. The fourth-order valence-electron chi connectivity index (χ4n) is 7.07. The highest BCUT2D eigenvalue weighted by atomic mass is 16.6. The summed E-state index contributed by atoms with van der Waals surface area (Å²) in [6.07, 6.45) is 5.77. The average molecular weight is 836 g/mol. The van der Waals surface area contributed by atoms with E-state index in [9.17, 15) is 43.8 Å². The van der Waals surface area contributed by atoms with Crippen LogP contribution in [-0.4, -0.2) is 113 Å². The number of aromatic hydroxyl groups is 2. The number of ketones is 1. The van der Waals surface area contributed by atoms with Crippen LogP contribution in [0, 0.1) is 0 Å². The second kappa shape index (κ2) is 22.7. The molecule has 2 aromatic rings. The molecule has 4 rings (SSSR count). The fraction of sp³-hybridized carbons (Fsp3) is 0.558. The van der Waals surface area contributed by atoms with Gasteiger partial charge in [0.25, 0.3) is 0 Å². The van der Waals surface area contributed by atoms with E-state index in [2.05, 4.69) is 33.5 Å². The third kappa shape index (κ3) is 13.5. The molecule has 6 atom stereocenters. The Balaban J connectivity index is 1.61. The Labute approximate surface area is 350 Å². The van der Waals surface area contributed by atoms with Crippen LogP contribution in [-0.2, 0) is 44.7 Å². The minimum atomic E-state index is -1.43. The molecule has 17 nitrogen and oxygen atoms in total. The second-order valence-corrected chi connectivity index (χ2v) is 15.6. The summed E-state index contributed by atoms with van der Waals surface area (Å²) < 4.78 is 5.06. The van der Waals surface area contributed by atoms with Crippen LogP contribution in [0.5, 0.6) is 11.5 Å². The number of hydrogen-bond acceptors (Lipinski definition) is 11. The van der Waals surface area contributed by atoms with Crippen molar-refractivity contribution in [2.45, 2.75) is 128 Å². The second-order valence-electron chi connectivity index (χ2n) is 15.6. The Morgan fingerprint density at radius 2 is 1.57 bits per heavy atom. The van der Waals surface area contributed by atoms with Crippen LogP contribution in [0.3, 0.4) is 0 Å². The zero-order valence-electron chi connectivity index (χ0n) is 35.0. The zero-order chi connectivity index (χ0) is 43.9. The van der Waals surface area contributed by atoms with Crippen molar-refractivity contribution in [1.29, 1.82) is 0 Å². The Bertz CT molecular complexity index is 1870. The Kier molecular flexibility index (Phi) is 17.8. The maximum absolute atomic E-state index is 14.4. The number of hydrogen-bond donors (Lipinski definition) is 8.